The molecule has 180 valence electrons. The number of nitrogens with one attached hydrogen (secondary N) is 3. The van der Waals surface area contributed by atoms with Crippen LogP contribution in [0.15, 0.2) is 42.6 Å². The molecule has 2 aliphatic heterocycles. The molecule has 9 nitrogen and oxygen atoms in total. The molecular formula is C24H34N4O5. The van der Waals surface area contributed by atoms with Crippen molar-refractivity contribution in [2.24, 2.45) is 0 Å². The standard InChI is InChI=1S/C24H34N4O5/c1-17(18(2)26-22(30)15-28-9-11-32-12-10-28)25-14-21(29)27-20(23(31)24(3)16-33-24)13-19-7-5-4-6-8-19/h4-8,18,20,25H,1,9-16H2,2-3H3,(H,26,30)(H,27,29)/t18-,20?,24+/m0/s1. The molecule has 2 amide bonds. The summed E-state index contributed by atoms with van der Waals surface area (Å²) in [4.78, 5) is 39.8. The predicted octanol–water partition coefficient (Wildman–Crippen LogP) is 0.0121. The summed E-state index contributed by atoms with van der Waals surface area (Å²) in [5.74, 6) is -0.577. The average molecular weight is 459 g/mol. The van der Waals surface area contributed by atoms with Gasteiger partial charge in [0.1, 0.15) is 5.60 Å². The number of Topliss-reactive ketones (excluding diaryl/α,β-unsaturated/α-hetero) is 1. The van der Waals surface area contributed by atoms with Gasteiger partial charge in [0.25, 0.3) is 0 Å². The van der Waals surface area contributed by atoms with Crippen LogP contribution in [0.5, 0.6) is 0 Å². The van der Waals surface area contributed by atoms with Crippen LogP contribution in [-0.4, -0.2) is 86.2 Å². The highest BCUT2D eigenvalue weighted by atomic mass is 16.6. The summed E-state index contributed by atoms with van der Waals surface area (Å²) in [5.41, 5.74) is 0.640. The van der Waals surface area contributed by atoms with Crippen LogP contribution in [0.3, 0.4) is 0 Å². The zero-order chi connectivity index (χ0) is 23.8. The molecule has 2 aliphatic rings. The first kappa shape index (κ1) is 24.9. The van der Waals surface area contributed by atoms with Crippen molar-refractivity contribution in [1.29, 1.82) is 0 Å². The summed E-state index contributed by atoms with van der Waals surface area (Å²) < 4.78 is 10.6. The minimum atomic E-state index is -0.830. The summed E-state index contributed by atoms with van der Waals surface area (Å²) in [6.45, 7) is 10.8. The number of rotatable bonds is 12. The molecule has 0 spiro atoms. The molecule has 3 N–H and O–H groups in total. The van der Waals surface area contributed by atoms with Crippen LogP contribution in [0.25, 0.3) is 0 Å². The first-order chi connectivity index (χ1) is 15.8. The van der Waals surface area contributed by atoms with E-state index in [1.807, 2.05) is 35.2 Å². The van der Waals surface area contributed by atoms with E-state index < -0.39 is 11.6 Å². The fraction of sp³-hybridized carbons (Fsp3) is 0.542. The fourth-order valence-corrected chi connectivity index (χ4v) is 3.61. The van der Waals surface area contributed by atoms with Crippen molar-refractivity contribution >= 4 is 17.6 Å². The van der Waals surface area contributed by atoms with E-state index in [2.05, 4.69) is 22.5 Å². The summed E-state index contributed by atoms with van der Waals surface area (Å²) in [7, 11) is 0. The molecule has 0 bridgehead atoms. The third-order valence-corrected chi connectivity index (χ3v) is 5.88. The van der Waals surface area contributed by atoms with Gasteiger partial charge in [0.05, 0.1) is 45.0 Å². The normalized spacial score (nSPS) is 22.0. The van der Waals surface area contributed by atoms with E-state index in [1.54, 1.807) is 13.8 Å². The molecule has 3 rings (SSSR count). The van der Waals surface area contributed by atoms with E-state index in [1.165, 1.54) is 0 Å². The molecule has 9 heteroatoms. The molecule has 33 heavy (non-hydrogen) atoms. The van der Waals surface area contributed by atoms with Crippen molar-refractivity contribution < 1.29 is 23.9 Å². The Morgan fingerprint density at radius 3 is 2.42 bits per heavy atom. The average Bonchev–Trinajstić information content (AvgIpc) is 3.56. The molecule has 0 aliphatic carbocycles. The molecule has 0 radical (unpaired) electrons. The Morgan fingerprint density at radius 2 is 1.79 bits per heavy atom. The quantitative estimate of drug-likeness (QED) is 0.378. The van der Waals surface area contributed by atoms with E-state index >= 15 is 0 Å². The molecule has 2 fully saturated rings. The van der Waals surface area contributed by atoms with Crippen LogP contribution < -0.4 is 16.0 Å². The van der Waals surface area contributed by atoms with E-state index in [-0.39, 0.29) is 30.2 Å². The van der Waals surface area contributed by atoms with Gasteiger partial charge in [0, 0.05) is 18.8 Å². The van der Waals surface area contributed by atoms with Crippen molar-refractivity contribution in [2.45, 2.75) is 38.0 Å². The lowest BCUT2D eigenvalue weighted by atomic mass is 9.95. The largest absolute Gasteiger partial charge is 0.379 e. The molecule has 0 saturated carbocycles. The topological polar surface area (TPSA) is 112 Å². The molecule has 2 saturated heterocycles. The van der Waals surface area contributed by atoms with Gasteiger partial charge in [0.15, 0.2) is 5.78 Å². The number of ether oxygens (including phenoxy) is 2. The van der Waals surface area contributed by atoms with Gasteiger partial charge in [-0.1, -0.05) is 36.9 Å². The van der Waals surface area contributed by atoms with Crippen LogP contribution >= 0.6 is 0 Å². The summed E-state index contributed by atoms with van der Waals surface area (Å²) in [6.07, 6.45) is 0.388. The summed E-state index contributed by atoms with van der Waals surface area (Å²) in [6, 6.07) is 8.50. The predicted molar refractivity (Wildman–Crippen MR) is 123 cm³/mol. The fourth-order valence-electron chi connectivity index (χ4n) is 3.61. The Hall–Kier alpha value is -2.75. The van der Waals surface area contributed by atoms with Crippen LogP contribution in [0.1, 0.15) is 19.4 Å². The van der Waals surface area contributed by atoms with Gasteiger partial charge < -0.3 is 25.4 Å². The van der Waals surface area contributed by atoms with E-state index in [0.717, 1.165) is 18.7 Å². The highest BCUT2D eigenvalue weighted by Gasteiger charge is 2.50. The molecule has 0 aromatic heterocycles. The number of hydrogen-bond donors (Lipinski definition) is 3. The Bertz CT molecular complexity index is 850. The van der Waals surface area contributed by atoms with Gasteiger partial charge in [-0.2, -0.15) is 0 Å². The summed E-state index contributed by atoms with van der Waals surface area (Å²) in [5, 5.41) is 8.66. The SMILES string of the molecule is C=C(NCC(=O)NC(Cc1ccccc1)C(=O)[C@@]1(C)CO1)[C@H](C)NC(=O)CN1CCOCC1. The highest BCUT2D eigenvalue weighted by molar-refractivity contribution is 5.97. The molecule has 2 heterocycles. The maximum atomic E-state index is 12.9. The third kappa shape index (κ3) is 7.66. The second-order valence-corrected chi connectivity index (χ2v) is 8.75. The number of morpholine rings is 1. The van der Waals surface area contributed by atoms with Crippen molar-refractivity contribution in [1.82, 2.24) is 20.9 Å². The van der Waals surface area contributed by atoms with Crippen LogP contribution in [0, 0.1) is 0 Å². The Morgan fingerprint density at radius 1 is 1.12 bits per heavy atom. The highest BCUT2D eigenvalue weighted by Crippen LogP contribution is 2.29. The number of carbonyl (C=O) groups is 3. The number of nitrogens with zero attached hydrogens (tertiary/aromatic N) is 1. The molecule has 1 aromatic carbocycles. The maximum Gasteiger partial charge on any atom is 0.239 e. The zero-order valence-electron chi connectivity index (χ0n) is 19.4. The number of ketones is 1. The lowest BCUT2D eigenvalue weighted by Crippen LogP contribution is -2.50. The number of benzene rings is 1. The first-order valence-corrected chi connectivity index (χ1v) is 11.3. The molecule has 1 aromatic rings. The maximum absolute atomic E-state index is 12.9. The van der Waals surface area contributed by atoms with Crippen molar-refractivity contribution in [3.63, 3.8) is 0 Å². The van der Waals surface area contributed by atoms with Crippen LogP contribution in [0.4, 0.5) is 0 Å². The number of amides is 2. The van der Waals surface area contributed by atoms with Gasteiger partial charge in [0.2, 0.25) is 11.8 Å². The van der Waals surface area contributed by atoms with Gasteiger partial charge in [-0.15, -0.1) is 0 Å². The number of carbonyl (C=O) groups excluding carboxylic acids is 3. The lowest BCUT2D eigenvalue weighted by molar-refractivity contribution is -0.130. The van der Waals surface area contributed by atoms with E-state index in [0.29, 0.717) is 38.5 Å². The number of hydrogen-bond acceptors (Lipinski definition) is 7. The van der Waals surface area contributed by atoms with Gasteiger partial charge >= 0.3 is 0 Å². The Labute approximate surface area is 194 Å². The zero-order valence-corrected chi connectivity index (χ0v) is 19.4. The van der Waals surface area contributed by atoms with Crippen molar-refractivity contribution in [2.75, 3.05) is 46.0 Å². The van der Waals surface area contributed by atoms with Crippen LogP contribution in [0.2, 0.25) is 0 Å². The van der Waals surface area contributed by atoms with Crippen LogP contribution in [-0.2, 0) is 30.3 Å². The van der Waals surface area contributed by atoms with E-state index in [9.17, 15) is 14.4 Å². The van der Waals surface area contributed by atoms with Crippen molar-refractivity contribution in [3.05, 3.63) is 48.2 Å². The summed E-state index contributed by atoms with van der Waals surface area (Å²) >= 11 is 0. The molecule has 1 unspecified atom stereocenters. The first-order valence-electron chi connectivity index (χ1n) is 11.3. The minimum Gasteiger partial charge on any atom is -0.379 e. The lowest BCUT2D eigenvalue weighted by Gasteiger charge is -2.27. The molecular weight excluding hydrogens is 424 g/mol. The smallest absolute Gasteiger partial charge is 0.239 e. The second-order valence-electron chi connectivity index (χ2n) is 8.75. The van der Waals surface area contributed by atoms with Gasteiger partial charge in [-0.05, 0) is 25.8 Å². The minimum absolute atomic E-state index is 0.0569. The van der Waals surface area contributed by atoms with Gasteiger partial charge in [-0.25, -0.2) is 0 Å². The van der Waals surface area contributed by atoms with Crippen molar-refractivity contribution in [3.8, 4) is 0 Å². The Balaban J connectivity index is 1.45. The second kappa shape index (κ2) is 11.4. The third-order valence-electron chi connectivity index (χ3n) is 5.88. The van der Waals surface area contributed by atoms with Gasteiger partial charge in [-0.3, -0.25) is 19.3 Å². The Kier molecular flexibility index (Phi) is 8.60. The number of epoxide rings is 1. The van der Waals surface area contributed by atoms with E-state index in [4.69, 9.17) is 9.47 Å². The monoisotopic (exact) mass is 458 g/mol. The molecule has 3 atom stereocenters.